The fraction of sp³-hybridized carbons (Fsp3) is 0.355. The van der Waals surface area contributed by atoms with Crippen molar-refractivity contribution in [3.63, 3.8) is 0 Å². The number of para-hydroxylation sites is 2. The third-order valence-electron chi connectivity index (χ3n) is 7.49. The standard InChI is InChI=1S/C31H33N3O3/c1-20-27-24(34(32-20)22-14-10-7-11-15-22)16-31(4,5)29(28(27)37)33(21-12-8-6-9-13-21)19-23-25(35)17-30(2,3)18-26(23)36/h6-15,19,29H,16-18H2,1-5H3. The Morgan fingerprint density at radius 3 is 2.03 bits per heavy atom. The number of carbonyl (C=O) groups is 3. The predicted molar refractivity (Wildman–Crippen MR) is 144 cm³/mol. The summed E-state index contributed by atoms with van der Waals surface area (Å²) in [6.07, 6.45) is 2.86. The van der Waals surface area contributed by atoms with E-state index in [9.17, 15) is 14.4 Å². The van der Waals surface area contributed by atoms with Gasteiger partial charge in [-0.3, -0.25) is 14.4 Å². The first-order valence-electron chi connectivity index (χ1n) is 12.8. The van der Waals surface area contributed by atoms with Crippen LogP contribution in [0.3, 0.4) is 0 Å². The van der Waals surface area contributed by atoms with E-state index in [1.54, 1.807) is 6.20 Å². The van der Waals surface area contributed by atoms with Crippen LogP contribution in [-0.2, 0) is 16.0 Å². The zero-order chi connectivity index (χ0) is 26.5. The molecular weight excluding hydrogens is 462 g/mol. The number of nitrogens with zero attached hydrogens (tertiary/aromatic N) is 3. The van der Waals surface area contributed by atoms with Crippen molar-refractivity contribution >= 4 is 23.0 Å². The smallest absolute Gasteiger partial charge is 0.189 e. The third kappa shape index (κ3) is 4.45. The molecule has 1 fully saturated rings. The average Bonchev–Trinajstić information content (AvgIpc) is 3.15. The highest BCUT2D eigenvalue weighted by atomic mass is 16.2. The number of fused-ring (bicyclic) bond motifs is 1. The quantitative estimate of drug-likeness (QED) is 0.345. The number of allylic oxidation sites excluding steroid dienone is 1. The molecule has 0 bridgehead atoms. The maximum absolute atomic E-state index is 14.3. The van der Waals surface area contributed by atoms with E-state index in [1.165, 1.54) is 0 Å². The summed E-state index contributed by atoms with van der Waals surface area (Å²) < 4.78 is 1.88. The summed E-state index contributed by atoms with van der Waals surface area (Å²) in [5, 5.41) is 4.75. The predicted octanol–water partition coefficient (Wildman–Crippen LogP) is 5.66. The van der Waals surface area contributed by atoms with Crippen LogP contribution in [0.1, 0.15) is 62.3 Å². The second-order valence-electron chi connectivity index (χ2n) is 11.7. The molecule has 1 unspecified atom stereocenters. The van der Waals surface area contributed by atoms with Gasteiger partial charge < -0.3 is 4.90 Å². The highest BCUT2D eigenvalue weighted by Crippen LogP contribution is 2.42. The molecule has 2 aliphatic rings. The topological polar surface area (TPSA) is 72.3 Å². The van der Waals surface area contributed by atoms with Crippen LogP contribution in [0.25, 0.3) is 5.69 Å². The third-order valence-corrected chi connectivity index (χ3v) is 7.49. The van der Waals surface area contributed by atoms with Crippen LogP contribution in [0.15, 0.2) is 72.4 Å². The first-order chi connectivity index (χ1) is 17.5. The van der Waals surface area contributed by atoms with Crippen LogP contribution in [-0.4, -0.2) is 33.2 Å². The molecule has 190 valence electrons. The van der Waals surface area contributed by atoms with Gasteiger partial charge in [-0.1, -0.05) is 64.1 Å². The SMILES string of the molecule is Cc1nn(-c2ccccc2)c2c1C(=O)C(N(C=C1C(=O)CC(C)(C)CC1=O)c1ccccc1)C(C)(C)C2. The van der Waals surface area contributed by atoms with Crippen molar-refractivity contribution in [2.45, 2.75) is 59.9 Å². The maximum Gasteiger partial charge on any atom is 0.189 e. The van der Waals surface area contributed by atoms with E-state index < -0.39 is 11.5 Å². The summed E-state index contributed by atoms with van der Waals surface area (Å²) in [5.74, 6) is -0.392. The summed E-state index contributed by atoms with van der Waals surface area (Å²) in [5.41, 5.74) is 3.17. The van der Waals surface area contributed by atoms with Gasteiger partial charge in [-0.2, -0.15) is 5.10 Å². The molecule has 2 aliphatic carbocycles. The highest BCUT2D eigenvalue weighted by Gasteiger charge is 2.48. The normalized spacial score (nSPS) is 20.5. The summed E-state index contributed by atoms with van der Waals surface area (Å²) >= 11 is 0. The summed E-state index contributed by atoms with van der Waals surface area (Å²) in [6.45, 7) is 9.89. The molecule has 1 heterocycles. The van der Waals surface area contributed by atoms with Gasteiger partial charge in [0, 0.05) is 24.7 Å². The van der Waals surface area contributed by atoms with Crippen molar-refractivity contribution in [1.82, 2.24) is 9.78 Å². The lowest BCUT2D eigenvalue weighted by molar-refractivity contribution is -0.127. The lowest BCUT2D eigenvalue weighted by atomic mass is 9.70. The summed E-state index contributed by atoms with van der Waals surface area (Å²) in [6, 6.07) is 18.8. The van der Waals surface area contributed by atoms with Crippen LogP contribution in [0.5, 0.6) is 0 Å². The number of carbonyl (C=O) groups excluding carboxylic acids is 3. The van der Waals surface area contributed by atoms with Gasteiger partial charge in [0.25, 0.3) is 0 Å². The van der Waals surface area contributed by atoms with Gasteiger partial charge in [0.15, 0.2) is 17.3 Å². The van der Waals surface area contributed by atoms with E-state index in [-0.39, 0.29) is 28.3 Å². The Kier molecular flexibility index (Phi) is 6.01. The molecule has 1 aromatic heterocycles. The largest absolute Gasteiger partial charge is 0.336 e. The maximum atomic E-state index is 14.3. The molecule has 0 aliphatic heterocycles. The van der Waals surface area contributed by atoms with E-state index >= 15 is 0 Å². The van der Waals surface area contributed by atoms with E-state index in [0.29, 0.717) is 30.5 Å². The molecule has 0 amide bonds. The minimum absolute atomic E-state index is 0.0531. The zero-order valence-electron chi connectivity index (χ0n) is 22.1. The molecule has 1 atom stereocenters. The number of hydrogen-bond donors (Lipinski definition) is 0. The lowest BCUT2D eigenvalue weighted by Crippen LogP contribution is -2.53. The number of hydrogen-bond acceptors (Lipinski definition) is 5. The second kappa shape index (κ2) is 8.94. The number of anilines is 1. The first-order valence-corrected chi connectivity index (χ1v) is 12.8. The van der Waals surface area contributed by atoms with Crippen LogP contribution in [0.4, 0.5) is 5.69 Å². The van der Waals surface area contributed by atoms with Gasteiger partial charge in [0.1, 0.15) is 6.04 Å². The minimum Gasteiger partial charge on any atom is -0.336 e. The van der Waals surface area contributed by atoms with Gasteiger partial charge in [-0.15, -0.1) is 0 Å². The van der Waals surface area contributed by atoms with Crippen molar-refractivity contribution < 1.29 is 14.4 Å². The van der Waals surface area contributed by atoms with Crippen molar-refractivity contribution in [2.24, 2.45) is 10.8 Å². The molecular formula is C31H33N3O3. The summed E-state index contributed by atoms with van der Waals surface area (Å²) in [4.78, 5) is 42.4. The Balaban J connectivity index is 1.65. The Hall–Kier alpha value is -3.80. The fourth-order valence-electron chi connectivity index (χ4n) is 5.82. The minimum atomic E-state index is -0.613. The highest BCUT2D eigenvalue weighted by molar-refractivity contribution is 6.22. The van der Waals surface area contributed by atoms with Crippen molar-refractivity contribution in [1.29, 1.82) is 0 Å². The van der Waals surface area contributed by atoms with Crippen LogP contribution < -0.4 is 4.90 Å². The Morgan fingerprint density at radius 1 is 0.865 bits per heavy atom. The Bertz CT molecular complexity index is 1390. The number of aryl methyl sites for hydroxylation is 1. The van der Waals surface area contributed by atoms with Crippen LogP contribution >= 0.6 is 0 Å². The molecule has 5 rings (SSSR count). The molecule has 0 spiro atoms. The molecule has 6 nitrogen and oxygen atoms in total. The van der Waals surface area contributed by atoms with Crippen molar-refractivity contribution in [2.75, 3.05) is 4.90 Å². The number of benzene rings is 2. The van der Waals surface area contributed by atoms with E-state index in [4.69, 9.17) is 5.10 Å². The number of ketones is 3. The van der Waals surface area contributed by atoms with E-state index in [0.717, 1.165) is 17.1 Å². The second-order valence-corrected chi connectivity index (χ2v) is 11.7. The molecule has 0 radical (unpaired) electrons. The molecule has 6 heteroatoms. The van der Waals surface area contributed by atoms with E-state index in [2.05, 4.69) is 13.8 Å². The molecule has 3 aromatic rings. The monoisotopic (exact) mass is 495 g/mol. The van der Waals surface area contributed by atoms with Gasteiger partial charge in [0.05, 0.1) is 28.2 Å². The van der Waals surface area contributed by atoms with Crippen LogP contribution in [0.2, 0.25) is 0 Å². The Morgan fingerprint density at radius 2 is 1.43 bits per heavy atom. The van der Waals surface area contributed by atoms with Gasteiger partial charge >= 0.3 is 0 Å². The number of Topliss-reactive ketones (excluding diaryl/α,β-unsaturated/α-hetero) is 3. The lowest BCUT2D eigenvalue weighted by Gasteiger charge is -2.44. The zero-order valence-corrected chi connectivity index (χ0v) is 22.1. The van der Waals surface area contributed by atoms with Crippen molar-refractivity contribution in [3.8, 4) is 5.69 Å². The van der Waals surface area contributed by atoms with Gasteiger partial charge in [-0.05, 0) is 48.4 Å². The van der Waals surface area contributed by atoms with Gasteiger partial charge in [0.2, 0.25) is 0 Å². The molecule has 0 saturated heterocycles. The molecule has 37 heavy (non-hydrogen) atoms. The van der Waals surface area contributed by atoms with Crippen LogP contribution in [0, 0.1) is 17.8 Å². The molecule has 0 N–H and O–H groups in total. The van der Waals surface area contributed by atoms with Gasteiger partial charge in [-0.25, -0.2) is 4.68 Å². The number of aromatic nitrogens is 2. The fourth-order valence-corrected chi connectivity index (χ4v) is 5.82. The van der Waals surface area contributed by atoms with E-state index in [1.807, 2.05) is 91.0 Å². The first kappa shape index (κ1) is 24.9. The Labute approximate surface area is 218 Å². The number of rotatable bonds is 4. The van der Waals surface area contributed by atoms with Crippen molar-refractivity contribution in [3.05, 3.63) is 89.4 Å². The summed E-state index contributed by atoms with van der Waals surface area (Å²) in [7, 11) is 0. The molecule has 2 aromatic carbocycles. The molecule has 1 saturated carbocycles. The average molecular weight is 496 g/mol.